The van der Waals surface area contributed by atoms with Gasteiger partial charge in [-0.3, -0.25) is 4.79 Å². The molecule has 0 saturated heterocycles. The molecule has 1 aromatic rings. The third kappa shape index (κ3) is 3.21. The number of carbonyl (C=O) groups excluding carboxylic acids is 1. The fourth-order valence-electron chi connectivity index (χ4n) is 1.05. The van der Waals surface area contributed by atoms with Gasteiger partial charge in [0.05, 0.1) is 15.0 Å². The predicted octanol–water partition coefficient (Wildman–Crippen LogP) is 3.10. The Morgan fingerprint density at radius 1 is 1.33 bits per heavy atom. The van der Waals surface area contributed by atoms with Crippen molar-refractivity contribution in [1.82, 2.24) is 0 Å². The Bertz CT molecular complexity index is 368. The Morgan fingerprint density at radius 3 is 2.13 bits per heavy atom. The Balaban J connectivity index is 3.15. The monoisotopic (exact) mass is 335 g/mol. The van der Waals surface area contributed by atoms with Crippen molar-refractivity contribution in [2.75, 3.05) is 0 Å². The van der Waals surface area contributed by atoms with Crippen LogP contribution >= 0.6 is 31.9 Å². The lowest BCUT2D eigenvalue weighted by atomic mass is 10.2. The standard InChI is InChI=1S/C10H11Br2NO2/c1-5(2)15-9-7(11)3-6(10(13)14)4-8(9)12/h3-5H,1-2H3,(H2,13,14). The van der Waals surface area contributed by atoms with Crippen LogP contribution in [0.5, 0.6) is 5.75 Å². The Hall–Kier alpha value is -0.550. The van der Waals surface area contributed by atoms with E-state index in [1.807, 2.05) is 13.8 Å². The molecule has 1 rings (SSSR count). The van der Waals surface area contributed by atoms with Crippen molar-refractivity contribution in [2.45, 2.75) is 20.0 Å². The van der Waals surface area contributed by atoms with Crippen molar-refractivity contribution in [3.05, 3.63) is 26.6 Å². The maximum absolute atomic E-state index is 11.0. The normalized spacial score (nSPS) is 10.5. The maximum Gasteiger partial charge on any atom is 0.248 e. The number of ether oxygens (including phenoxy) is 1. The number of hydrogen-bond acceptors (Lipinski definition) is 2. The van der Waals surface area contributed by atoms with Gasteiger partial charge in [0.25, 0.3) is 0 Å². The second kappa shape index (κ2) is 4.99. The van der Waals surface area contributed by atoms with E-state index < -0.39 is 5.91 Å². The molecular weight excluding hydrogens is 326 g/mol. The number of benzene rings is 1. The zero-order valence-corrected chi connectivity index (χ0v) is 11.6. The number of hydrogen-bond donors (Lipinski definition) is 1. The highest BCUT2D eigenvalue weighted by molar-refractivity contribution is 9.11. The Kier molecular flexibility index (Phi) is 4.16. The predicted molar refractivity (Wildman–Crippen MR) is 66.1 cm³/mol. The minimum absolute atomic E-state index is 0.0667. The highest BCUT2D eigenvalue weighted by Gasteiger charge is 2.12. The first-order valence-electron chi connectivity index (χ1n) is 4.37. The van der Waals surface area contributed by atoms with E-state index in [-0.39, 0.29) is 6.10 Å². The van der Waals surface area contributed by atoms with Crippen LogP contribution in [0.25, 0.3) is 0 Å². The minimum Gasteiger partial charge on any atom is -0.489 e. The van der Waals surface area contributed by atoms with Crippen LogP contribution in [0.4, 0.5) is 0 Å². The molecule has 3 nitrogen and oxygen atoms in total. The van der Waals surface area contributed by atoms with Gasteiger partial charge in [0.15, 0.2) is 0 Å². The lowest BCUT2D eigenvalue weighted by Crippen LogP contribution is -2.12. The van der Waals surface area contributed by atoms with Gasteiger partial charge >= 0.3 is 0 Å². The molecule has 0 saturated carbocycles. The molecule has 2 N–H and O–H groups in total. The SMILES string of the molecule is CC(C)Oc1c(Br)cc(C(N)=O)cc1Br. The summed E-state index contributed by atoms with van der Waals surface area (Å²) < 4.78 is 6.98. The average Bonchev–Trinajstić information content (AvgIpc) is 2.10. The summed E-state index contributed by atoms with van der Waals surface area (Å²) in [6.45, 7) is 3.86. The number of amides is 1. The number of primary amides is 1. The van der Waals surface area contributed by atoms with Gasteiger partial charge in [0.1, 0.15) is 5.75 Å². The van der Waals surface area contributed by atoms with Crippen molar-refractivity contribution < 1.29 is 9.53 Å². The van der Waals surface area contributed by atoms with E-state index in [9.17, 15) is 4.79 Å². The first-order chi connectivity index (χ1) is 6.91. The van der Waals surface area contributed by atoms with Crippen molar-refractivity contribution >= 4 is 37.8 Å². The molecular formula is C10H11Br2NO2. The van der Waals surface area contributed by atoms with Gasteiger partial charge in [-0.1, -0.05) is 0 Å². The molecule has 5 heteroatoms. The zero-order chi connectivity index (χ0) is 11.6. The Morgan fingerprint density at radius 2 is 1.80 bits per heavy atom. The summed E-state index contributed by atoms with van der Waals surface area (Å²) in [5.41, 5.74) is 5.62. The van der Waals surface area contributed by atoms with Crippen LogP contribution in [0.2, 0.25) is 0 Å². The van der Waals surface area contributed by atoms with E-state index in [0.717, 1.165) is 0 Å². The van der Waals surface area contributed by atoms with Crippen LogP contribution in [0, 0.1) is 0 Å². The number of nitrogens with two attached hydrogens (primary N) is 1. The molecule has 0 spiro atoms. The average molecular weight is 337 g/mol. The molecule has 0 radical (unpaired) electrons. The van der Waals surface area contributed by atoms with Gasteiger partial charge in [-0.15, -0.1) is 0 Å². The van der Waals surface area contributed by atoms with Gasteiger partial charge in [-0.05, 0) is 57.8 Å². The van der Waals surface area contributed by atoms with Crippen molar-refractivity contribution in [3.63, 3.8) is 0 Å². The summed E-state index contributed by atoms with van der Waals surface area (Å²) in [6.07, 6.45) is 0.0667. The molecule has 0 aliphatic rings. The molecule has 82 valence electrons. The summed E-state index contributed by atoms with van der Waals surface area (Å²) in [7, 11) is 0. The highest BCUT2D eigenvalue weighted by Crippen LogP contribution is 2.35. The molecule has 0 aliphatic heterocycles. The lowest BCUT2D eigenvalue weighted by molar-refractivity contribution is 0.1000. The molecule has 1 amide bonds. The lowest BCUT2D eigenvalue weighted by Gasteiger charge is -2.14. The molecule has 0 aromatic heterocycles. The maximum atomic E-state index is 11.0. The van der Waals surface area contributed by atoms with E-state index in [1.165, 1.54) is 0 Å². The number of carbonyl (C=O) groups is 1. The van der Waals surface area contributed by atoms with Gasteiger partial charge in [-0.2, -0.15) is 0 Å². The number of halogens is 2. The van der Waals surface area contributed by atoms with E-state index in [2.05, 4.69) is 31.9 Å². The smallest absolute Gasteiger partial charge is 0.248 e. The second-order valence-corrected chi connectivity index (χ2v) is 5.01. The quantitative estimate of drug-likeness (QED) is 0.922. The summed E-state index contributed by atoms with van der Waals surface area (Å²) >= 11 is 6.66. The third-order valence-corrected chi connectivity index (χ3v) is 2.81. The topological polar surface area (TPSA) is 52.3 Å². The van der Waals surface area contributed by atoms with Crippen LogP contribution in [0.3, 0.4) is 0 Å². The fraction of sp³-hybridized carbons (Fsp3) is 0.300. The van der Waals surface area contributed by atoms with Crippen LogP contribution in [0.1, 0.15) is 24.2 Å². The van der Waals surface area contributed by atoms with Gasteiger partial charge < -0.3 is 10.5 Å². The largest absolute Gasteiger partial charge is 0.489 e. The van der Waals surface area contributed by atoms with E-state index >= 15 is 0 Å². The van der Waals surface area contributed by atoms with Crippen molar-refractivity contribution in [1.29, 1.82) is 0 Å². The molecule has 0 unspecified atom stereocenters. The highest BCUT2D eigenvalue weighted by atomic mass is 79.9. The first-order valence-corrected chi connectivity index (χ1v) is 5.96. The molecule has 1 aromatic carbocycles. The molecule has 0 aliphatic carbocycles. The van der Waals surface area contributed by atoms with E-state index in [0.29, 0.717) is 20.3 Å². The summed E-state index contributed by atoms with van der Waals surface area (Å²) in [6, 6.07) is 3.29. The minimum atomic E-state index is -0.465. The zero-order valence-electron chi connectivity index (χ0n) is 8.38. The Labute approximate surface area is 105 Å². The van der Waals surface area contributed by atoms with E-state index in [1.54, 1.807) is 12.1 Å². The van der Waals surface area contributed by atoms with Crippen molar-refractivity contribution in [3.8, 4) is 5.75 Å². The second-order valence-electron chi connectivity index (χ2n) is 3.30. The summed E-state index contributed by atoms with van der Waals surface area (Å²) in [4.78, 5) is 11.0. The molecule has 0 atom stereocenters. The van der Waals surface area contributed by atoms with Gasteiger partial charge in [-0.25, -0.2) is 0 Å². The van der Waals surface area contributed by atoms with Crippen LogP contribution in [0.15, 0.2) is 21.1 Å². The summed E-state index contributed by atoms with van der Waals surface area (Å²) in [5, 5.41) is 0. The molecule has 0 fully saturated rings. The van der Waals surface area contributed by atoms with Crippen LogP contribution in [-0.4, -0.2) is 12.0 Å². The molecule has 15 heavy (non-hydrogen) atoms. The van der Waals surface area contributed by atoms with Crippen molar-refractivity contribution in [2.24, 2.45) is 5.73 Å². The van der Waals surface area contributed by atoms with Crippen LogP contribution in [-0.2, 0) is 0 Å². The third-order valence-electron chi connectivity index (χ3n) is 1.64. The first kappa shape index (κ1) is 12.5. The van der Waals surface area contributed by atoms with Gasteiger partial charge in [0, 0.05) is 5.56 Å². The molecule has 0 heterocycles. The molecule has 0 bridgehead atoms. The van der Waals surface area contributed by atoms with E-state index in [4.69, 9.17) is 10.5 Å². The van der Waals surface area contributed by atoms with Gasteiger partial charge in [0.2, 0.25) is 5.91 Å². The number of rotatable bonds is 3. The fourth-order valence-corrected chi connectivity index (χ4v) is 2.42. The summed E-state index contributed by atoms with van der Waals surface area (Å²) in [5.74, 6) is 0.211. The van der Waals surface area contributed by atoms with Crippen LogP contribution < -0.4 is 10.5 Å².